The molecule has 4 rings (SSSR count). The van der Waals surface area contributed by atoms with Crippen molar-refractivity contribution in [3.05, 3.63) is 52.6 Å². The molecule has 0 aliphatic carbocycles. The quantitative estimate of drug-likeness (QED) is 0.790. The lowest BCUT2D eigenvalue weighted by molar-refractivity contribution is 0.0637. The Morgan fingerprint density at radius 1 is 1.29 bits per heavy atom. The molecule has 0 radical (unpaired) electrons. The Morgan fingerprint density at radius 3 is 2.93 bits per heavy atom. The second kappa shape index (κ2) is 7.73. The van der Waals surface area contributed by atoms with E-state index in [0.717, 1.165) is 17.0 Å². The maximum Gasteiger partial charge on any atom is 0.271 e. The van der Waals surface area contributed by atoms with Gasteiger partial charge in [-0.25, -0.2) is 4.98 Å². The van der Waals surface area contributed by atoms with Gasteiger partial charge in [-0.15, -0.1) is 0 Å². The van der Waals surface area contributed by atoms with Crippen molar-refractivity contribution in [2.24, 2.45) is 0 Å². The molecule has 1 atom stereocenters. The number of nitrogens with one attached hydrogen (secondary N) is 1. The standard InChI is InChI=1S/C20H24N4O4/c1-13-18-22-17(19(25)21-5-8-27-2)10-23(18)6-7-24(13)20(26)14-3-4-15-11-28-12-16(15)9-14/h3-4,9-10,13H,5-8,11-12H2,1-2H3,(H,21,25). The van der Waals surface area contributed by atoms with Gasteiger partial charge < -0.3 is 24.3 Å². The van der Waals surface area contributed by atoms with Crippen molar-refractivity contribution >= 4 is 11.8 Å². The van der Waals surface area contributed by atoms with E-state index in [1.54, 1.807) is 13.3 Å². The van der Waals surface area contributed by atoms with Crippen LogP contribution in [0.3, 0.4) is 0 Å². The van der Waals surface area contributed by atoms with Crippen molar-refractivity contribution in [1.29, 1.82) is 0 Å². The van der Waals surface area contributed by atoms with Crippen molar-refractivity contribution < 1.29 is 19.1 Å². The SMILES string of the molecule is COCCNC(=O)c1cn2c(n1)C(C)N(C(=O)c1ccc3c(c1)COC3)CC2. The zero-order chi connectivity index (χ0) is 19.7. The van der Waals surface area contributed by atoms with E-state index >= 15 is 0 Å². The fraction of sp³-hybridized carbons (Fsp3) is 0.450. The second-order valence-corrected chi connectivity index (χ2v) is 7.08. The molecule has 3 heterocycles. The van der Waals surface area contributed by atoms with Crippen LogP contribution in [-0.4, -0.2) is 53.1 Å². The van der Waals surface area contributed by atoms with Gasteiger partial charge in [0.25, 0.3) is 11.8 Å². The van der Waals surface area contributed by atoms with E-state index in [2.05, 4.69) is 10.3 Å². The first kappa shape index (κ1) is 18.6. The van der Waals surface area contributed by atoms with Gasteiger partial charge in [0, 0.05) is 38.5 Å². The third kappa shape index (κ3) is 3.41. The van der Waals surface area contributed by atoms with Gasteiger partial charge >= 0.3 is 0 Å². The van der Waals surface area contributed by atoms with Crippen LogP contribution in [0.5, 0.6) is 0 Å². The Bertz CT molecular complexity index is 908. The van der Waals surface area contributed by atoms with E-state index in [1.165, 1.54) is 0 Å². The van der Waals surface area contributed by atoms with Crippen LogP contribution >= 0.6 is 0 Å². The van der Waals surface area contributed by atoms with Crippen molar-refractivity contribution in [3.63, 3.8) is 0 Å². The highest BCUT2D eigenvalue weighted by molar-refractivity contribution is 5.95. The number of fused-ring (bicyclic) bond motifs is 2. The molecule has 2 aliphatic heterocycles. The Morgan fingerprint density at radius 2 is 2.11 bits per heavy atom. The molecular weight excluding hydrogens is 360 g/mol. The van der Waals surface area contributed by atoms with E-state index in [1.807, 2.05) is 34.6 Å². The Labute approximate surface area is 163 Å². The smallest absolute Gasteiger partial charge is 0.271 e. The lowest BCUT2D eigenvalue weighted by atomic mass is 10.0. The topological polar surface area (TPSA) is 85.7 Å². The number of rotatable bonds is 5. The Hall–Kier alpha value is -2.71. The van der Waals surface area contributed by atoms with Crippen molar-refractivity contribution in [2.45, 2.75) is 32.7 Å². The Balaban J connectivity index is 1.50. The largest absolute Gasteiger partial charge is 0.383 e. The fourth-order valence-corrected chi connectivity index (χ4v) is 3.71. The molecule has 0 bridgehead atoms. The molecule has 2 aliphatic rings. The molecule has 1 aromatic heterocycles. The third-order valence-electron chi connectivity index (χ3n) is 5.28. The molecule has 2 aromatic rings. The monoisotopic (exact) mass is 384 g/mol. The number of ether oxygens (including phenoxy) is 2. The summed E-state index contributed by atoms with van der Waals surface area (Å²) in [4.78, 5) is 31.6. The average molecular weight is 384 g/mol. The van der Waals surface area contributed by atoms with Crippen molar-refractivity contribution in [2.75, 3.05) is 26.8 Å². The highest BCUT2D eigenvalue weighted by Crippen LogP contribution is 2.28. The molecule has 0 fully saturated rings. The van der Waals surface area contributed by atoms with Gasteiger partial charge in [0.15, 0.2) is 0 Å². The number of imidazole rings is 1. The van der Waals surface area contributed by atoms with Gasteiger partial charge in [-0.1, -0.05) is 6.07 Å². The molecule has 1 unspecified atom stereocenters. The molecule has 2 amide bonds. The molecular formula is C20H24N4O4. The van der Waals surface area contributed by atoms with Crippen LogP contribution in [0.4, 0.5) is 0 Å². The molecule has 0 spiro atoms. The summed E-state index contributed by atoms with van der Waals surface area (Å²) in [5.41, 5.74) is 3.24. The highest BCUT2D eigenvalue weighted by atomic mass is 16.5. The highest BCUT2D eigenvalue weighted by Gasteiger charge is 2.31. The predicted molar refractivity (Wildman–Crippen MR) is 101 cm³/mol. The number of carbonyl (C=O) groups is 2. The molecule has 0 saturated carbocycles. The predicted octanol–water partition coefficient (Wildman–Crippen LogP) is 1.51. The molecule has 1 aromatic carbocycles. The number of nitrogens with zero attached hydrogens (tertiary/aromatic N) is 3. The van der Waals surface area contributed by atoms with Crippen LogP contribution in [0.25, 0.3) is 0 Å². The van der Waals surface area contributed by atoms with Crippen LogP contribution < -0.4 is 5.32 Å². The first-order valence-electron chi connectivity index (χ1n) is 9.43. The van der Waals surface area contributed by atoms with Crippen LogP contribution in [0.15, 0.2) is 24.4 Å². The number of aromatic nitrogens is 2. The van der Waals surface area contributed by atoms with Crippen molar-refractivity contribution in [3.8, 4) is 0 Å². The fourth-order valence-electron chi connectivity index (χ4n) is 3.71. The minimum absolute atomic E-state index is 0.0254. The zero-order valence-corrected chi connectivity index (χ0v) is 16.1. The Kier molecular flexibility index (Phi) is 5.15. The normalized spacial score (nSPS) is 17.9. The minimum atomic E-state index is -0.234. The summed E-state index contributed by atoms with van der Waals surface area (Å²) < 4.78 is 12.3. The van der Waals surface area contributed by atoms with Crippen LogP contribution in [0.2, 0.25) is 0 Å². The van der Waals surface area contributed by atoms with Crippen LogP contribution in [0, 0.1) is 0 Å². The maximum atomic E-state index is 13.1. The van der Waals surface area contributed by atoms with E-state index in [9.17, 15) is 9.59 Å². The summed E-state index contributed by atoms with van der Waals surface area (Å²) in [6.45, 7) is 5.16. The van der Waals surface area contributed by atoms with Crippen LogP contribution in [-0.2, 0) is 29.2 Å². The first-order valence-corrected chi connectivity index (χ1v) is 9.43. The molecule has 0 saturated heterocycles. The molecule has 8 nitrogen and oxygen atoms in total. The average Bonchev–Trinajstić information content (AvgIpc) is 3.34. The lowest BCUT2D eigenvalue weighted by Gasteiger charge is -2.33. The molecule has 148 valence electrons. The molecule has 8 heteroatoms. The minimum Gasteiger partial charge on any atom is -0.383 e. The summed E-state index contributed by atoms with van der Waals surface area (Å²) >= 11 is 0. The number of amides is 2. The number of carbonyl (C=O) groups excluding carboxylic acids is 2. The van der Waals surface area contributed by atoms with Crippen LogP contribution in [0.1, 0.15) is 50.8 Å². The number of hydrogen-bond donors (Lipinski definition) is 1. The molecule has 1 N–H and O–H groups in total. The van der Waals surface area contributed by atoms with E-state index in [0.29, 0.717) is 50.7 Å². The van der Waals surface area contributed by atoms with E-state index in [4.69, 9.17) is 9.47 Å². The summed E-state index contributed by atoms with van der Waals surface area (Å²) in [7, 11) is 1.59. The summed E-state index contributed by atoms with van der Waals surface area (Å²) in [6, 6.07) is 5.53. The zero-order valence-electron chi connectivity index (χ0n) is 16.1. The van der Waals surface area contributed by atoms with Crippen molar-refractivity contribution in [1.82, 2.24) is 19.8 Å². The van der Waals surface area contributed by atoms with Gasteiger partial charge in [0.1, 0.15) is 11.5 Å². The van der Waals surface area contributed by atoms with Gasteiger partial charge in [-0.3, -0.25) is 9.59 Å². The van der Waals surface area contributed by atoms with Gasteiger partial charge in [-0.05, 0) is 30.2 Å². The number of hydrogen-bond acceptors (Lipinski definition) is 5. The van der Waals surface area contributed by atoms with E-state index < -0.39 is 0 Å². The van der Waals surface area contributed by atoms with E-state index in [-0.39, 0.29) is 17.9 Å². The van der Waals surface area contributed by atoms with Gasteiger partial charge in [-0.2, -0.15) is 0 Å². The maximum absolute atomic E-state index is 13.1. The number of benzene rings is 1. The summed E-state index contributed by atoms with van der Waals surface area (Å²) in [5, 5.41) is 2.78. The summed E-state index contributed by atoms with van der Waals surface area (Å²) in [6.07, 6.45) is 1.75. The van der Waals surface area contributed by atoms with Gasteiger partial charge in [0.05, 0.1) is 25.9 Å². The first-order chi connectivity index (χ1) is 13.6. The molecule has 28 heavy (non-hydrogen) atoms. The van der Waals surface area contributed by atoms with Gasteiger partial charge in [0.2, 0.25) is 0 Å². The second-order valence-electron chi connectivity index (χ2n) is 7.08. The number of methoxy groups -OCH3 is 1. The summed E-state index contributed by atoms with van der Waals surface area (Å²) in [5.74, 6) is 0.464. The third-order valence-corrected chi connectivity index (χ3v) is 5.28. The lowest BCUT2D eigenvalue weighted by Crippen LogP contribution is -2.41.